The van der Waals surface area contributed by atoms with Gasteiger partial charge in [-0.3, -0.25) is 4.79 Å². The maximum absolute atomic E-state index is 13.3. The third kappa shape index (κ3) is 4.03. The molecule has 3 rings (SSSR count). The van der Waals surface area contributed by atoms with Gasteiger partial charge in [0.05, 0.1) is 23.0 Å². The fourth-order valence-electron chi connectivity index (χ4n) is 3.89. The fraction of sp³-hybridized carbons (Fsp3) is 0.619. The van der Waals surface area contributed by atoms with Crippen LogP contribution in [0.1, 0.15) is 63.4 Å². The normalized spacial score (nSPS) is 17.2. The Hall–Kier alpha value is -2.44. The number of nitrogens with zero attached hydrogens (tertiary/aromatic N) is 5. The van der Waals surface area contributed by atoms with Gasteiger partial charge in [-0.2, -0.15) is 0 Å². The number of carbonyl (C=O) groups is 1. The van der Waals surface area contributed by atoms with Crippen molar-refractivity contribution in [2.24, 2.45) is 5.92 Å². The Morgan fingerprint density at radius 3 is 2.68 bits per heavy atom. The lowest BCUT2D eigenvalue weighted by Crippen LogP contribution is -2.42. The van der Waals surface area contributed by atoms with Crippen molar-refractivity contribution < 1.29 is 9.32 Å². The van der Waals surface area contributed by atoms with Crippen molar-refractivity contribution in [2.75, 3.05) is 25.5 Å². The van der Waals surface area contributed by atoms with Crippen LogP contribution in [0.5, 0.6) is 0 Å². The summed E-state index contributed by atoms with van der Waals surface area (Å²) >= 11 is 0. The van der Waals surface area contributed by atoms with Gasteiger partial charge in [-0.15, -0.1) is 0 Å². The summed E-state index contributed by atoms with van der Waals surface area (Å²) in [6.45, 7) is 6.84. The molecule has 2 aromatic rings. The number of amides is 1. The average Bonchev–Trinajstić information content (AvgIpc) is 3.14. The smallest absolute Gasteiger partial charge is 0.226 e. The molecule has 1 aliphatic heterocycles. The van der Waals surface area contributed by atoms with Gasteiger partial charge in [0.1, 0.15) is 0 Å². The van der Waals surface area contributed by atoms with Crippen LogP contribution in [0.3, 0.4) is 0 Å². The SMILES string of the molecule is CCC(CC)C(=O)N1CCCCC1c1nc(N(C)C)ncc1-c1cc(C)no1. The highest BCUT2D eigenvalue weighted by Gasteiger charge is 2.34. The third-order valence-electron chi connectivity index (χ3n) is 5.54. The van der Waals surface area contributed by atoms with Gasteiger partial charge in [-0.05, 0) is 39.0 Å². The summed E-state index contributed by atoms with van der Waals surface area (Å²) in [5, 5.41) is 4.02. The minimum atomic E-state index is -0.0658. The van der Waals surface area contributed by atoms with Gasteiger partial charge in [0, 0.05) is 38.8 Å². The van der Waals surface area contributed by atoms with Crippen molar-refractivity contribution in [2.45, 2.75) is 58.9 Å². The molecule has 1 aliphatic rings. The van der Waals surface area contributed by atoms with Crippen LogP contribution in [0, 0.1) is 12.8 Å². The van der Waals surface area contributed by atoms with Crippen LogP contribution < -0.4 is 4.90 Å². The van der Waals surface area contributed by atoms with Crippen molar-refractivity contribution in [3.05, 3.63) is 23.7 Å². The molecule has 1 amide bonds. The quantitative estimate of drug-likeness (QED) is 0.748. The molecule has 1 unspecified atom stereocenters. The standard InChI is InChI=1S/C21H31N5O2/c1-6-15(7-2)20(27)26-11-9-8-10-17(26)19-16(18-12-14(3)24-28-18)13-22-21(23-19)25(4)5/h12-13,15,17H,6-11H2,1-5H3. The summed E-state index contributed by atoms with van der Waals surface area (Å²) in [7, 11) is 3.84. The molecule has 0 spiro atoms. The lowest BCUT2D eigenvalue weighted by atomic mass is 9.92. The van der Waals surface area contributed by atoms with Crippen molar-refractivity contribution in [3.8, 4) is 11.3 Å². The molecule has 1 fully saturated rings. The number of piperidine rings is 1. The maximum atomic E-state index is 13.3. The van der Waals surface area contributed by atoms with E-state index in [4.69, 9.17) is 9.51 Å². The summed E-state index contributed by atoms with van der Waals surface area (Å²) in [6.07, 6.45) is 6.53. The zero-order valence-corrected chi connectivity index (χ0v) is 17.6. The number of aryl methyl sites for hydroxylation is 1. The Balaban J connectivity index is 2.07. The molecule has 0 aromatic carbocycles. The summed E-state index contributed by atoms with van der Waals surface area (Å²) in [4.78, 5) is 26.5. The van der Waals surface area contributed by atoms with E-state index in [0.29, 0.717) is 11.7 Å². The average molecular weight is 386 g/mol. The summed E-state index contributed by atoms with van der Waals surface area (Å²) in [5.74, 6) is 1.58. The van der Waals surface area contributed by atoms with Gasteiger partial charge in [0.2, 0.25) is 11.9 Å². The first-order chi connectivity index (χ1) is 13.5. The van der Waals surface area contributed by atoms with Gasteiger partial charge >= 0.3 is 0 Å². The first kappa shape index (κ1) is 20.3. The minimum Gasteiger partial charge on any atom is -0.356 e. The van der Waals surface area contributed by atoms with Crippen LogP contribution in [0.15, 0.2) is 16.8 Å². The first-order valence-corrected chi connectivity index (χ1v) is 10.2. The van der Waals surface area contributed by atoms with Crippen molar-refractivity contribution in [1.29, 1.82) is 0 Å². The van der Waals surface area contributed by atoms with Crippen molar-refractivity contribution >= 4 is 11.9 Å². The molecule has 152 valence electrons. The molecule has 28 heavy (non-hydrogen) atoms. The first-order valence-electron chi connectivity index (χ1n) is 10.2. The molecule has 0 N–H and O–H groups in total. The van der Waals surface area contributed by atoms with Gasteiger partial charge in [-0.1, -0.05) is 19.0 Å². The zero-order chi connectivity index (χ0) is 20.3. The van der Waals surface area contributed by atoms with E-state index >= 15 is 0 Å². The molecule has 7 heteroatoms. The van der Waals surface area contributed by atoms with Crippen LogP contribution in [0.25, 0.3) is 11.3 Å². The van der Waals surface area contributed by atoms with Gasteiger partial charge < -0.3 is 14.3 Å². The van der Waals surface area contributed by atoms with Crippen LogP contribution in [0.4, 0.5) is 5.95 Å². The van der Waals surface area contributed by atoms with E-state index in [0.717, 1.165) is 55.6 Å². The predicted octanol–water partition coefficient (Wildman–Crippen LogP) is 4.00. The van der Waals surface area contributed by atoms with E-state index in [1.54, 1.807) is 6.20 Å². The topological polar surface area (TPSA) is 75.4 Å². The zero-order valence-electron chi connectivity index (χ0n) is 17.6. The van der Waals surface area contributed by atoms with Gasteiger partial charge in [0.15, 0.2) is 5.76 Å². The lowest BCUT2D eigenvalue weighted by molar-refractivity contribution is -0.139. The van der Waals surface area contributed by atoms with E-state index in [2.05, 4.69) is 24.0 Å². The number of carbonyl (C=O) groups excluding carboxylic acids is 1. The second-order valence-corrected chi connectivity index (χ2v) is 7.75. The molecule has 1 atom stereocenters. The molecule has 1 saturated heterocycles. The monoisotopic (exact) mass is 385 g/mol. The number of rotatable bonds is 6. The number of likely N-dealkylation sites (tertiary alicyclic amines) is 1. The summed E-state index contributed by atoms with van der Waals surface area (Å²) in [5.41, 5.74) is 2.49. The lowest BCUT2D eigenvalue weighted by Gasteiger charge is -2.38. The van der Waals surface area contributed by atoms with E-state index in [1.165, 1.54) is 0 Å². The molecule has 0 aliphatic carbocycles. The number of hydrogen-bond donors (Lipinski definition) is 0. The highest BCUT2D eigenvalue weighted by molar-refractivity contribution is 5.79. The molecule has 7 nitrogen and oxygen atoms in total. The Morgan fingerprint density at radius 2 is 2.07 bits per heavy atom. The molecule has 2 aromatic heterocycles. The molecule has 0 bridgehead atoms. The number of anilines is 1. The third-order valence-corrected chi connectivity index (χ3v) is 5.54. The van der Waals surface area contributed by atoms with Crippen LogP contribution >= 0.6 is 0 Å². The Kier molecular flexibility index (Phi) is 6.31. The highest BCUT2D eigenvalue weighted by Crippen LogP contribution is 2.37. The van der Waals surface area contributed by atoms with Gasteiger partial charge in [-0.25, -0.2) is 9.97 Å². The van der Waals surface area contributed by atoms with Gasteiger partial charge in [0.25, 0.3) is 0 Å². The van der Waals surface area contributed by atoms with Crippen LogP contribution in [-0.4, -0.2) is 46.6 Å². The van der Waals surface area contributed by atoms with Crippen molar-refractivity contribution in [3.63, 3.8) is 0 Å². The largest absolute Gasteiger partial charge is 0.356 e. The second kappa shape index (κ2) is 8.71. The Bertz CT molecular complexity index is 813. The molecule has 0 saturated carbocycles. The molecule has 3 heterocycles. The Labute approximate surface area is 167 Å². The molecular formula is C21H31N5O2. The van der Waals surface area contributed by atoms with Crippen LogP contribution in [-0.2, 0) is 4.79 Å². The fourth-order valence-corrected chi connectivity index (χ4v) is 3.89. The number of hydrogen-bond acceptors (Lipinski definition) is 6. The maximum Gasteiger partial charge on any atom is 0.226 e. The van der Waals surface area contributed by atoms with E-state index in [9.17, 15) is 4.79 Å². The van der Waals surface area contributed by atoms with E-state index in [-0.39, 0.29) is 17.9 Å². The van der Waals surface area contributed by atoms with Crippen molar-refractivity contribution in [1.82, 2.24) is 20.0 Å². The van der Waals surface area contributed by atoms with E-state index < -0.39 is 0 Å². The minimum absolute atomic E-state index is 0.0618. The summed E-state index contributed by atoms with van der Waals surface area (Å²) in [6, 6.07) is 1.83. The Morgan fingerprint density at radius 1 is 1.32 bits per heavy atom. The molecule has 0 radical (unpaired) electrons. The highest BCUT2D eigenvalue weighted by atomic mass is 16.5. The molecular weight excluding hydrogens is 354 g/mol. The predicted molar refractivity (Wildman–Crippen MR) is 109 cm³/mol. The number of aromatic nitrogens is 3. The van der Waals surface area contributed by atoms with E-state index in [1.807, 2.05) is 36.9 Å². The summed E-state index contributed by atoms with van der Waals surface area (Å²) < 4.78 is 5.52. The van der Waals surface area contributed by atoms with Crippen LogP contribution in [0.2, 0.25) is 0 Å². The second-order valence-electron chi connectivity index (χ2n) is 7.75.